The molecule has 18 heavy (non-hydrogen) atoms. The molecule has 0 aliphatic heterocycles. The molecule has 0 aliphatic rings. The first kappa shape index (κ1) is 16.1. The van der Waals surface area contributed by atoms with Crippen molar-refractivity contribution in [2.24, 2.45) is 0 Å². The molecule has 1 aromatic carbocycles. The summed E-state index contributed by atoms with van der Waals surface area (Å²) in [4.78, 5) is 0. The van der Waals surface area contributed by atoms with Gasteiger partial charge in [-0.1, -0.05) is 47.8 Å². The topological polar surface area (TPSA) is 27.7 Å². The Bertz CT molecular complexity index is 301. The van der Waals surface area contributed by atoms with Crippen LogP contribution in [0.1, 0.15) is 16.7 Å². The number of hydrogen-bond donors (Lipinski definition) is 0. The van der Waals surface area contributed by atoms with Crippen LogP contribution in [0.2, 0.25) is 0 Å². The predicted octanol–water partition coefficient (Wildman–Crippen LogP) is 4.40. The number of rotatable bonds is 6. The summed E-state index contributed by atoms with van der Waals surface area (Å²) >= 11 is 10.5. The first-order valence-corrected chi connectivity index (χ1v) is 8.56. The SMILES string of the molecule is COc1c(CBr)c(CBr)c(CBr)c(OC)c1OC. The van der Waals surface area contributed by atoms with Gasteiger partial charge in [-0.15, -0.1) is 0 Å². The van der Waals surface area contributed by atoms with Gasteiger partial charge in [-0.2, -0.15) is 0 Å². The van der Waals surface area contributed by atoms with E-state index in [0.717, 1.165) is 22.0 Å². The lowest BCUT2D eigenvalue weighted by Gasteiger charge is -2.21. The summed E-state index contributed by atoms with van der Waals surface area (Å²) in [7, 11) is 4.88. The summed E-state index contributed by atoms with van der Waals surface area (Å²) < 4.78 is 16.4. The fourth-order valence-corrected chi connectivity index (χ4v) is 3.76. The molecule has 1 rings (SSSR count). The highest BCUT2D eigenvalue weighted by Crippen LogP contribution is 2.47. The van der Waals surface area contributed by atoms with Crippen LogP contribution in [0, 0.1) is 0 Å². The Balaban J connectivity index is 3.71. The molecule has 0 bridgehead atoms. The number of benzene rings is 1. The fourth-order valence-electron chi connectivity index (χ4n) is 1.89. The lowest BCUT2D eigenvalue weighted by molar-refractivity contribution is 0.321. The van der Waals surface area contributed by atoms with E-state index < -0.39 is 0 Å². The Morgan fingerprint density at radius 1 is 0.611 bits per heavy atom. The third-order valence-corrected chi connectivity index (χ3v) is 4.38. The zero-order chi connectivity index (χ0) is 13.7. The van der Waals surface area contributed by atoms with Crippen molar-refractivity contribution in [2.45, 2.75) is 16.0 Å². The number of halogens is 3. The van der Waals surface area contributed by atoms with Crippen LogP contribution in [0.4, 0.5) is 0 Å². The summed E-state index contributed by atoms with van der Waals surface area (Å²) in [5.74, 6) is 2.06. The van der Waals surface area contributed by atoms with Gasteiger partial charge >= 0.3 is 0 Å². The molecular weight excluding hydrogens is 432 g/mol. The second kappa shape index (κ2) is 7.60. The van der Waals surface area contributed by atoms with E-state index in [0.29, 0.717) is 27.9 Å². The predicted molar refractivity (Wildman–Crippen MR) is 84.0 cm³/mol. The van der Waals surface area contributed by atoms with E-state index in [1.165, 1.54) is 0 Å². The van der Waals surface area contributed by atoms with E-state index >= 15 is 0 Å². The van der Waals surface area contributed by atoms with Crippen LogP contribution in [0.25, 0.3) is 0 Å². The van der Waals surface area contributed by atoms with E-state index in [9.17, 15) is 0 Å². The van der Waals surface area contributed by atoms with Crippen LogP contribution in [-0.4, -0.2) is 21.3 Å². The number of ether oxygens (including phenoxy) is 3. The third kappa shape index (κ3) is 2.80. The summed E-state index contributed by atoms with van der Waals surface area (Å²) in [5.41, 5.74) is 3.29. The molecule has 0 unspecified atom stereocenters. The fraction of sp³-hybridized carbons (Fsp3) is 0.500. The zero-order valence-corrected chi connectivity index (χ0v) is 15.2. The standard InChI is InChI=1S/C12H15Br3O3/c1-16-10-8(5-14)7(4-13)9(6-15)11(17-2)12(10)18-3/h4-6H2,1-3H3. The summed E-state index contributed by atoms with van der Waals surface area (Å²) in [6.45, 7) is 0. The Hall–Kier alpha value is 0.0600. The van der Waals surface area contributed by atoms with Crippen molar-refractivity contribution in [1.29, 1.82) is 0 Å². The molecule has 0 heterocycles. The minimum absolute atomic E-state index is 0.633. The van der Waals surface area contributed by atoms with Gasteiger partial charge in [-0.25, -0.2) is 0 Å². The molecule has 1 aromatic rings. The number of methoxy groups -OCH3 is 3. The van der Waals surface area contributed by atoms with Gasteiger partial charge in [0.15, 0.2) is 11.5 Å². The smallest absolute Gasteiger partial charge is 0.203 e. The molecular formula is C12H15Br3O3. The van der Waals surface area contributed by atoms with Crippen LogP contribution in [0.15, 0.2) is 0 Å². The van der Waals surface area contributed by atoms with E-state index in [-0.39, 0.29) is 0 Å². The highest BCUT2D eigenvalue weighted by Gasteiger charge is 2.24. The van der Waals surface area contributed by atoms with E-state index in [2.05, 4.69) is 47.8 Å². The Morgan fingerprint density at radius 2 is 0.944 bits per heavy atom. The lowest BCUT2D eigenvalue weighted by Crippen LogP contribution is -2.05. The molecule has 0 aliphatic carbocycles. The van der Waals surface area contributed by atoms with Crippen molar-refractivity contribution in [3.05, 3.63) is 16.7 Å². The zero-order valence-electron chi connectivity index (χ0n) is 10.5. The van der Waals surface area contributed by atoms with Gasteiger partial charge in [-0.3, -0.25) is 0 Å². The quantitative estimate of drug-likeness (QED) is 0.606. The molecule has 0 saturated carbocycles. The van der Waals surface area contributed by atoms with Crippen LogP contribution in [-0.2, 0) is 16.0 Å². The maximum absolute atomic E-state index is 5.47. The second-order valence-electron chi connectivity index (χ2n) is 3.44. The largest absolute Gasteiger partial charge is 0.492 e. The summed E-state index contributed by atoms with van der Waals surface area (Å²) in [6.07, 6.45) is 0. The van der Waals surface area contributed by atoms with Gasteiger partial charge in [0.1, 0.15) is 0 Å². The van der Waals surface area contributed by atoms with E-state index in [1.807, 2.05) is 0 Å². The van der Waals surface area contributed by atoms with Crippen LogP contribution in [0.3, 0.4) is 0 Å². The van der Waals surface area contributed by atoms with Crippen LogP contribution in [0.5, 0.6) is 17.2 Å². The molecule has 102 valence electrons. The highest BCUT2D eigenvalue weighted by molar-refractivity contribution is 9.09. The van der Waals surface area contributed by atoms with Gasteiger partial charge in [0.2, 0.25) is 5.75 Å². The summed E-state index contributed by atoms with van der Waals surface area (Å²) in [6, 6.07) is 0. The molecule has 0 saturated heterocycles. The van der Waals surface area contributed by atoms with Crippen LogP contribution >= 0.6 is 47.8 Å². The maximum atomic E-state index is 5.47. The van der Waals surface area contributed by atoms with Crippen molar-refractivity contribution >= 4 is 47.8 Å². The Morgan fingerprint density at radius 3 is 1.17 bits per heavy atom. The van der Waals surface area contributed by atoms with Crippen LogP contribution < -0.4 is 14.2 Å². The van der Waals surface area contributed by atoms with Crippen molar-refractivity contribution in [1.82, 2.24) is 0 Å². The Kier molecular flexibility index (Phi) is 6.81. The van der Waals surface area contributed by atoms with Gasteiger partial charge in [0.25, 0.3) is 0 Å². The minimum Gasteiger partial charge on any atom is -0.492 e. The lowest BCUT2D eigenvalue weighted by atomic mass is 10.0. The molecule has 0 radical (unpaired) electrons. The van der Waals surface area contributed by atoms with Gasteiger partial charge in [0.05, 0.1) is 21.3 Å². The van der Waals surface area contributed by atoms with E-state index in [4.69, 9.17) is 14.2 Å². The summed E-state index contributed by atoms with van der Waals surface area (Å²) in [5, 5.41) is 2.11. The van der Waals surface area contributed by atoms with Gasteiger partial charge in [-0.05, 0) is 5.56 Å². The minimum atomic E-state index is 0.633. The first-order valence-electron chi connectivity index (χ1n) is 5.20. The number of hydrogen-bond acceptors (Lipinski definition) is 3. The average Bonchev–Trinajstić information content (AvgIpc) is 2.43. The van der Waals surface area contributed by atoms with Crippen molar-refractivity contribution in [3.63, 3.8) is 0 Å². The number of alkyl halides is 3. The second-order valence-corrected chi connectivity index (χ2v) is 5.12. The van der Waals surface area contributed by atoms with E-state index in [1.54, 1.807) is 21.3 Å². The molecule has 0 amide bonds. The maximum Gasteiger partial charge on any atom is 0.203 e. The van der Waals surface area contributed by atoms with Gasteiger partial charge < -0.3 is 14.2 Å². The molecule has 3 nitrogen and oxygen atoms in total. The molecule has 0 spiro atoms. The monoisotopic (exact) mass is 444 g/mol. The normalized spacial score (nSPS) is 10.3. The van der Waals surface area contributed by atoms with Crippen molar-refractivity contribution in [3.8, 4) is 17.2 Å². The highest BCUT2D eigenvalue weighted by atomic mass is 79.9. The molecule has 6 heteroatoms. The van der Waals surface area contributed by atoms with Crippen molar-refractivity contribution < 1.29 is 14.2 Å². The average molecular weight is 447 g/mol. The van der Waals surface area contributed by atoms with Gasteiger partial charge in [0, 0.05) is 27.1 Å². The molecule has 0 N–H and O–H groups in total. The molecule has 0 fully saturated rings. The van der Waals surface area contributed by atoms with Crippen molar-refractivity contribution in [2.75, 3.05) is 21.3 Å². The molecule has 0 atom stereocenters. The Labute approximate surface area is 133 Å². The molecule has 0 aromatic heterocycles. The first-order chi connectivity index (χ1) is 8.69. The third-order valence-electron chi connectivity index (χ3n) is 2.70.